The number of aryl methyl sites for hydroxylation is 1. The minimum absolute atomic E-state index is 0.462. The number of aliphatic hydroxyl groups is 1. The highest BCUT2D eigenvalue weighted by molar-refractivity contribution is 5.11. The minimum atomic E-state index is -0.462. The second kappa shape index (κ2) is 4.21. The number of hydrogen-bond donors (Lipinski definition) is 1. The summed E-state index contributed by atoms with van der Waals surface area (Å²) in [6.45, 7) is 7.44. The number of hydrogen-bond acceptors (Lipinski definition) is 2. The SMILES string of the molecule is CCn1cc(CC2(O)CC(C(C)C)C2)cn1. The average Bonchev–Trinajstić information content (AvgIpc) is 2.61. The zero-order chi connectivity index (χ0) is 11.8. The first-order valence-electron chi connectivity index (χ1n) is 6.26. The highest BCUT2D eigenvalue weighted by atomic mass is 16.3. The Balaban J connectivity index is 1.91. The van der Waals surface area contributed by atoms with Crippen LogP contribution in [0.15, 0.2) is 12.4 Å². The van der Waals surface area contributed by atoms with E-state index in [2.05, 4.69) is 25.9 Å². The zero-order valence-corrected chi connectivity index (χ0v) is 10.5. The second-order valence-electron chi connectivity index (χ2n) is 5.52. The molecule has 0 saturated heterocycles. The fourth-order valence-electron chi connectivity index (χ4n) is 2.58. The van der Waals surface area contributed by atoms with Gasteiger partial charge in [0.15, 0.2) is 0 Å². The Bertz CT molecular complexity index is 351. The Morgan fingerprint density at radius 1 is 1.56 bits per heavy atom. The summed E-state index contributed by atoms with van der Waals surface area (Å²) in [5.74, 6) is 1.39. The van der Waals surface area contributed by atoms with E-state index in [0.29, 0.717) is 11.8 Å². The molecule has 0 bridgehead atoms. The molecular formula is C13H22N2O. The Kier molecular flexibility index (Phi) is 3.06. The summed E-state index contributed by atoms with van der Waals surface area (Å²) in [6.07, 6.45) is 6.57. The van der Waals surface area contributed by atoms with Gasteiger partial charge in [0.1, 0.15) is 0 Å². The van der Waals surface area contributed by atoms with Crippen molar-refractivity contribution in [2.24, 2.45) is 11.8 Å². The molecule has 1 aliphatic rings. The molecule has 2 rings (SSSR count). The molecule has 3 heteroatoms. The van der Waals surface area contributed by atoms with Gasteiger partial charge in [0, 0.05) is 19.2 Å². The van der Waals surface area contributed by atoms with E-state index in [9.17, 15) is 5.11 Å². The zero-order valence-electron chi connectivity index (χ0n) is 10.5. The van der Waals surface area contributed by atoms with Crippen LogP contribution in [0.4, 0.5) is 0 Å². The maximum Gasteiger partial charge on any atom is 0.0694 e. The molecule has 1 aromatic heterocycles. The summed E-state index contributed by atoms with van der Waals surface area (Å²) in [5, 5.41) is 14.6. The van der Waals surface area contributed by atoms with Crippen LogP contribution in [0.1, 0.15) is 39.2 Å². The van der Waals surface area contributed by atoms with Gasteiger partial charge in [-0.05, 0) is 37.2 Å². The van der Waals surface area contributed by atoms with Crippen molar-refractivity contribution in [2.45, 2.75) is 52.2 Å². The fourth-order valence-corrected chi connectivity index (χ4v) is 2.58. The van der Waals surface area contributed by atoms with E-state index in [1.165, 1.54) is 0 Å². The summed E-state index contributed by atoms with van der Waals surface area (Å²) in [5.41, 5.74) is 0.697. The fraction of sp³-hybridized carbons (Fsp3) is 0.769. The average molecular weight is 222 g/mol. The molecule has 90 valence electrons. The van der Waals surface area contributed by atoms with Crippen molar-refractivity contribution < 1.29 is 5.11 Å². The molecule has 1 saturated carbocycles. The highest BCUT2D eigenvalue weighted by Crippen LogP contribution is 2.43. The molecule has 0 atom stereocenters. The molecule has 16 heavy (non-hydrogen) atoms. The summed E-state index contributed by atoms with van der Waals surface area (Å²) in [7, 11) is 0. The number of rotatable bonds is 4. The monoisotopic (exact) mass is 222 g/mol. The van der Waals surface area contributed by atoms with Crippen LogP contribution >= 0.6 is 0 Å². The van der Waals surface area contributed by atoms with E-state index in [-0.39, 0.29) is 0 Å². The lowest BCUT2D eigenvalue weighted by atomic mass is 9.64. The maximum absolute atomic E-state index is 10.3. The van der Waals surface area contributed by atoms with E-state index in [1.54, 1.807) is 0 Å². The molecule has 0 spiro atoms. The van der Waals surface area contributed by atoms with Gasteiger partial charge in [0.25, 0.3) is 0 Å². The van der Waals surface area contributed by atoms with E-state index in [0.717, 1.165) is 31.4 Å². The first kappa shape index (κ1) is 11.6. The Morgan fingerprint density at radius 2 is 2.25 bits per heavy atom. The maximum atomic E-state index is 10.3. The molecule has 1 heterocycles. The van der Waals surface area contributed by atoms with Gasteiger partial charge in [-0.3, -0.25) is 4.68 Å². The molecule has 1 aliphatic carbocycles. The number of nitrogens with zero attached hydrogens (tertiary/aromatic N) is 2. The molecular weight excluding hydrogens is 200 g/mol. The van der Waals surface area contributed by atoms with Gasteiger partial charge in [-0.2, -0.15) is 5.10 Å². The van der Waals surface area contributed by atoms with Crippen LogP contribution in [-0.2, 0) is 13.0 Å². The smallest absolute Gasteiger partial charge is 0.0694 e. The first-order valence-corrected chi connectivity index (χ1v) is 6.26. The van der Waals surface area contributed by atoms with Crippen molar-refractivity contribution in [3.05, 3.63) is 18.0 Å². The predicted octanol–water partition coefficient (Wildman–Crippen LogP) is 2.24. The van der Waals surface area contributed by atoms with E-state index in [1.807, 2.05) is 17.1 Å². The lowest BCUT2D eigenvalue weighted by Gasteiger charge is -2.45. The summed E-state index contributed by atoms with van der Waals surface area (Å²) in [4.78, 5) is 0. The third kappa shape index (κ3) is 2.29. The molecule has 1 fully saturated rings. The molecule has 0 aromatic carbocycles. The van der Waals surface area contributed by atoms with Gasteiger partial charge in [-0.1, -0.05) is 13.8 Å². The Morgan fingerprint density at radius 3 is 2.75 bits per heavy atom. The van der Waals surface area contributed by atoms with Crippen molar-refractivity contribution in [1.29, 1.82) is 0 Å². The van der Waals surface area contributed by atoms with Gasteiger partial charge in [-0.25, -0.2) is 0 Å². The van der Waals surface area contributed by atoms with Crippen LogP contribution in [0.2, 0.25) is 0 Å². The lowest BCUT2D eigenvalue weighted by molar-refractivity contribution is -0.0860. The minimum Gasteiger partial charge on any atom is -0.390 e. The van der Waals surface area contributed by atoms with Gasteiger partial charge in [-0.15, -0.1) is 0 Å². The standard InChI is InChI=1S/C13H22N2O/c1-4-15-9-11(8-14-15)5-13(16)6-12(7-13)10(2)3/h8-10,12,16H,4-7H2,1-3H3. The van der Waals surface area contributed by atoms with E-state index in [4.69, 9.17) is 0 Å². The summed E-state index contributed by atoms with van der Waals surface area (Å²) < 4.78 is 1.91. The molecule has 0 unspecified atom stereocenters. The van der Waals surface area contributed by atoms with E-state index < -0.39 is 5.60 Å². The van der Waals surface area contributed by atoms with Crippen LogP contribution in [0, 0.1) is 11.8 Å². The highest BCUT2D eigenvalue weighted by Gasteiger charge is 2.43. The summed E-state index contributed by atoms with van der Waals surface area (Å²) >= 11 is 0. The van der Waals surface area contributed by atoms with Gasteiger partial charge >= 0.3 is 0 Å². The first-order chi connectivity index (χ1) is 7.52. The van der Waals surface area contributed by atoms with Gasteiger partial charge in [0.2, 0.25) is 0 Å². The van der Waals surface area contributed by atoms with Crippen molar-refractivity contribution >= 4 is 0 Å². The van der Waals surface area contributed by atoms with Crippen LogP contribution in [0.25, 0.3) is 0 Å². The van der Waals surface area contributed by atoms with Crippen LogP contribution < -0.4 is 0 Å². The third-order valence-corrected chi connectivity index (χ3v) is 3.77. The molecule has 1 aromatic rings. The summed E-state index contributed by atoms with van der Waals surface area (Å²) in [6, 6.07) is 0. The largest absolute Gasteiger partial charge is 0.390 e. The van der Waals surface area contributed by atoms with Crippen molar-refractivity contribution in [2.75, 3.05) is 0 Å². The van der Waals surface area contributed by atoms with Gasteiger partial charge in [0.05, 0.1) is 11.8 Å². The number of aromatic nitrogens is 2. The normalized spacial score (nSPS) is 29.4. The lowest BCUT2D eigenvalue weighted by Crippen LogP contribution is -2.47. The van der Waals surface area contributed by atoms with Crippen LogP contribution in [0.5, 0.6) is 0 Å². The second-order valence-corrected chi connectivity index (χ2v) is 5.52. The molecule has 3 nitrogen and oxygen atoms in total. The van der Waals surface area contributed by atoms with Crippen molar-refractivity contribution in [3.63, 3.8) is 0 Å². The molecule has 0 aliphatic heterocycles. The van der Waals surface area contributed by atoms with E-state index >= 15 is 0 Å². The molecule has 1 N–H and O–H groups in total. The third-order valence-electron chi connectivity index (χ3n) is 3.77. The van der Waals surface area contributed by atoms with Crippen molar-refractivity contribution in [1.82, 2.24) is 9.78 Å². The topological polar surface area (TPSA) is 38.0 Å². The van der Waals surface area contributed by atoms with Crippen LogP contribution in [0.3, 0.4) is 0 Å². The van der Waals surface area contributed by atoms with Gasteiger partial charge < -0.3 is 5.11 Å². The van der Waals surface area contributed by atoms with Crippen LogP contribution in [-0.4, -0.2) is 20.5 Å². The Hall–Kier alpha value is -0.830. The Labute approximate surface area is 97.5 Å². The molecule has 0 amide bonds. The van der Waals surface area contributed by atoms with Crippen molar-refractivity contribution in [3.8, 4) is 0 Å². The molecule has 0 radical (unpaired) electrons. The predicted molar refractivity (Wildman–Crippen MR) is 64.1 cm³/mol. The quantitative estimate of drug-likeness (QED) is 0.848.